The molecule has 1 aromatic carbocycles. The Labute approximate surface area is 578 Å². The van der Waals surface area contributed by atoms with E-state index in [1.54, 1.807) is 5.57 Å². The molecule has 0 aromatic heterocycles. The molecule has 94 heavy (non-hydrogen) atoms. The number of phenols is 1. The highest BCUT2D eigenvalue weighted by atomic mass is 16.5. The largest absolute Gasteiger partial charge is 0.507 e. The maximum atomic E-state index is 12.1. The Kier molecular flexibility index (Phi) is 27.1. The molecule has 8 aliphatic carbocycles. The number of esters is 1. The predicted octanol–water partition coefficient (Wildman–Crippen LogP) is 24.0. The van der Waals surface area contributed by atoms with E-state index in [1.165, 1.54) is 172 Å². The first-order chi connectivity index (χ1) is 44.3. The van der Waals surface area contributed by atoms with Crippen LogP contribution in [0.15, 0.2) is 23.3 Å². The van der Waals surface area contributed by atoms with Gasteiger partial charge in [0, 0.05) is 12.0 Å². The van der Waals surface area contributed by atoms with E-state index in [9.17, 15) is 19.8 Å². The monoisotopic (exact) mass is 1300 g/mol. The van der Waals surface area contributed by atoms with E-state index >= 15 is 0 Å². The summed E-state index contributed by atoms with van der Waals surface area (Å²) in [5.41, 5.74) is 9.10. The molecule has 10 rings (SSSR count). The summed E-state index contributed by atoms with van der Waals surface area (Å²) in [6.45, 7) is 42.9. The lowest BCUT2D eigenvalue weighted by Gasteiger charge is -2.58. The molecule has 6 fully saturated rings. The Morgan fingerprint density at radius 1 is 0.532 bits per heavy atom. The number of aromatic hydroxyl groups is 1. The van der Waals surface area contributed by atoms with Gasteiger partial charge >= 0.3 is 11.9 Å². The smallest absolute Gasteiger partial charge is 0.306 e. The molecule has 0 saturated heterocycles. The summed E-state index contributed by atoms with van der Waals surface area (Å²) < 4.78 is 12.3. The van der Waals surface area contributed by atoms with E-state index in [1.807, 2.05) is 13.8 Å². The van der Waals surface area contributed by atoms with Gasteiger partial charge in [0.1, 0.15) is 23.2 Å². The minimum absolute atomic E-state index is 0.0236. The summed E-state index contributed by atoms with van der Waals surface area (Å²) in [4.78, 5) is 22.9. The highest BCUT2D eigenvalue weighted by Crippen LogP contribution is 2.69. The molecule has 0 bridgehead atoms. The number of aliphatic carboxylic acids is 1. The van der Waals surface area contributed by atoms with Gasteiger partial charge in [-0.05, 0) is 277 Å². The fraction of sp³-hybridized carbons (Fsp3) is 0.862. The third kappa shape index (κ3) is 18.0. The number of hydrogen-bond donors (Lipinski definition) is 3. The van der Waals surface area contributed by atoms with Crippen LogP contribution in [0, 0.1) is 131 Å². The minimum atomic E-state index is -0.942. The van der Waals surface area contributed by atoms with Gasteiger partial charge in [-0.1, -0.05) is 204 Å². The molecular formula is C87H146O7. The second kappa shape index (κ2) is 33.1. The predicted molar refractivity (Wildman–Crippen MR) is 393 cm³/mol. The molecule has 1 aliphatic heterocycles. The van der Waals surface area contributed by atoms with E-state index in [0.717, 1.165) is 163 Å². The van der Waals surface area contributed by atoms with Gasteiger partial charge in [-0.2, -0.15) is 0 Å². The second-order valence-electron chi connectivity index (χ2n) is 37.2. The number of phenolic OH excluding ortho intramolecular Hbond substituents is 1. The van der Waals surface area contributed by atoms with Crippen LogP contribution in [-0.4, -0.2) is 45.1 Å². The van der Waals surface area contributed by atoms with Gasteiger partial charge < -0.3 is 24.8 Å². The second-order valence-corrected chi connectivity index (χ2v) is 37.2. The molecule has 7 heteroatoms. The Bertz CT molecular complexity index is 2680. The van der Waals surface area contributed by atoms with Crippen LogP contribution in [0.25, 0.3) is 0 Å². The zero-order chi connectivity index (χ0) is 68.7. The number of aliphatic hydroxyl groups excluding tert-OH is 1. The van der Waals surface area contributed by atoms with Crippen LogP contribution < -0.4 is 4.74 Å². The Morgan fingerprint density at radius 3 is 1.50 bits per heavy atom. The summed E-state index contributed by atoms with van der Waals surface area (Å²) in [5.74, 6) is 13.2. The molecule has 19 atom stereocenters. The lowest BCUT2D eigenvalue weighted by atomic mass is 9.47. The number of allylic oxidation sites excluding steroid dienone is 2. The average molecular weight is 1300 g/mol. The van der Waals surface area contributed by atoms with Crippen LogP contribution in [0.2, 0.25) is 0 Å². The van der Waals surface area contributed by atoms with Gasteiger partial charge in [-0.3, -0.25) is 9.59 Å². The molecular weight excluding hydrogens is 1160 g/mol. The summed E-state index contributed by atoms with van der Waals surface area (Å²) in [6, 6.07) is 0. The first kappa shape index (κ1) is 76.9. The topological polar surface area (TPSA) is 113 Å². The Balaban J connectivity index is 0.000000182. The number of hydrogen-bond acceptors (Lipinski definition) is 6. The first-order valence-electron chi connectivity index (χ1n) is 40.3. The van der Waals surface area contributed by atoms with Gasteiger partial charge in [-0.15, -0.1) is 0 Å². The number of ether oxygens (including phenoxy) is 2. The standard InChI is InChI=1S/C31H50O4.C29H50O2.C27H46O/c1-20(2)7-6-8-21(3)25-11-12-26-24-10-9-22-19-23(35-29(34)14-13-28(32)33)15-17-30(22,4)27(24)16-18-31(25,26)5;1-20(2)12-9-13-21(3)14-10-15-22(4)16-11-18-29(8)19-17-26-25(7)27(30)23(5)24(6)28(26)31-29;1-18(2)7-6-8-19(3)23-11-12-24-22-10-9-20-17-21(28)13-15-26(20,4)25(22)14-16-27(23,24)5/h9,20-21,23-27H,6-8,10-19H2,1-5H3,(H,32,33);20-22,30H,9-19H2,1-8H3;9,18-19,21-25,28H,6-8,10-17H2,1-5H3/t21-,23+,24?,25-,26+,27+,30+,31-;21-,22-,29-;19-,21+,22?,23-,24+,25+,26+,27-/m111/s1. The molecule has 0 amide bonds. The van der Waals surface area contributed by atoms with Crippen molar-refractivity contribution in [3.8, 4) is 11.5 Å². The molecule has 1 heterocycles. The number of carbonyl (C=O) groups is 2. The number of fused-ring (bicyclic) bond motifs is 11. The van der Waals surface area contributed by atoms with Crippen molar-refractivity contribution in [1.29, 1.82) is 0 Å². The van der Waals surface area contributed by atoms with Crippen molar-refractivity contribution in [2.75, 3.05) is 0 Å². The normalized spacial score (nSPS) is 35.2. The Hall–Kier alpha value is -2.80. The molecule has 6 saturated carbocycles. The maximum Gasteiger partial charge on any atom is 0.306 e. The van der Waals surface area contributed by atoms with Crippen LogP contribution in [0.3, 0.4) is 0 Å². The van der Waals surface area contributed by atoms with Crippen molar-refractivity contribution in [3.05, 3.63) is 45.6 Å². The Morgan fingerprint density at radius 2 is 1.00 bits per heavy atom. The minimum Gasteiger partial charge on any atom is -0.507 e. The highest BCUT2D eigenvalue weighted by Gasteiger charge is 2.61. The van der Waals surface area contributed by atoms with Gasteiger partial charge in [-0.25, -0.2) is 0 Å². The summed E-state index contributed by atoms with van der Waals surface area (Å²) >= 11 is 0. The average Bonchev–Trinajstić information content (AvgIpc) is 1.39. The number of benzene rings is 1. The van der Waals surface area contributed by atoms with E-state index in [4.69, 9.17) is 14.6 Å². The van der Waals surface area contributed by atoms with Crippen LogP contribution >= 0.6 is 0 Å². The molecule has 0 spiro atoms. The van der Waals surface area contributed by atoms with Crippen LogP contribution in [0.5, 0.6) is 11.5 Å². The van der Waals surface area contributed by atoms with Crippen molar-refractivity contribution in [2.45, 2.75) is 367 Å². The number of carbonyl (C=O) groups excluding carboxylic acids is 1. The fourth-order valence-electron chi connectivity index (χ4n) is 23.1. The van der Waals surface area contributed by atoms with Crippen molar-refractivity contribution >= 4 is 11.9 Å². The van der Waals surface area contributed by atoms with Crippen LogP contribution in [0.1, 0.15) is 344 Å². The first-order valence-corrected chi connectivity index (χ1v) is 40.3. The molecule has 3 N–H and O–H groups in total. The van der Waals surface area contributed by atoms with Gasteiger partial charge in [0.2, 0.25) is 0 Å². The van der Waals surface area contributed by atoms with Crippen molar-refractivity contribution in [2.24, 2.45) is 110 Å². The number of aliphatic hydroxyl groups is 1. The van der Waals surface area contributed by atoms with E-state index in [0.29, 0.717) is 22.0 Å². The summed E-state index contributed by atoms with van der Waals surface area (Å²) in [6.07, 6.45) is 47.3. The third-order valence-corrected chi connectivity index (χ3v) is 29.2. The van der Waals surface area contributed by atoms with Crippen LogP contribution in [-0.2, 0) is 20.7 Å². The lowest BCUT2D eigenvalue weighted by molar-refractivity contribution is -0.154. The zero-order valence-corrected chi connectivity index (χ0v) is 64.2. The fourth-order valence-corrected chi connectivity index (χ4v) is 23.1. The SMILES string of the molecule is CC(C)CCC[C@@H](C)[C@H]1CC[C@H]2C3CC=C4C[C@@H](O)CC[C@]4(C)[C@H]3CC[C@]12C.CC(C)CCC[C@@H](C)[C@H]1CC[C@H]2C3CC=C4C[C@@H](OC(=O)CCC(=O)O)CC[C@]4(C)[C@H]3CC[C@]12C.Cc1c(C)c2c(c(C)c1O)CC[C@@](C)(CCC[C@H](C)CCC[C@H](C)CCCC(C)C)O2. The number of carboxylic acids is 1. The lowest BCUT2D eigenvalue weighted by Crippen LogP contribution is -2.51. The number of carboxylic acid groups (broad SMARTS) is 1. The van der Waals surface area contributed by atoms with E-state index in [2.05, 4.69) is 123 Å². The van der Waals surface area contributed by atoms with Crippen molar-refractivity contribution < 1.29 is 34.4 Å². The summed E-state index contributed by atoms with van der Waals surface area (Å²) in [5, 5.41) is 29.4. The van der Waals surface area contributed by atoms with Gasteiger partial charge in [0.05, 0.1) is 18.9 Å². The molecule has 0 radical (unpaired) electrons. The van der Waals surface area contributed by atoms with Crippen molar-refractivity contribution in [3.63, 3.8) is 0 Å². The molecule has 2 unspecified atom stereocenters. The van der Waals surface area contributed by atoms with Gasteiger partial charge in [0.15, 0.2) is 0 Å². The van der Waals surface area contributed by atoms with Crippen molar-refractivity contribution in [1.82, 2.24) is 0 Å². The quantitative estimate of drug-likeness (QED) is 0.0625. The number of rotatable bonds is 26. The molecule has 1 aromatic rings. The molecule has 9 aliphatic rings. The zero-order valence-electron chi connectivity index (χ0n) is 64.2. The molecule has 7 nitrogen and oxygen atoms in total. The van der Waals surface area contributed by atoms with Gasteiger partial charge in [0.25, 0.3) is 0 Å². The van der Waals surface area contributed by atoms with E-state index < -0.39 is 5.97 Å². The maximum absolute atomic E-state index is 12.1. The summed E-state index contributed by atoms with van der Waals surface area (Å²) in [7, 11) is 0. The third-order valence-electron chi connectivity index (χ3n) is 29.2. The van der Waals surface area contributed by atoms with Crippen LogP contribution in [0.4, 0.5) is 0 Å². The molecule has 536 valence electrons. The van der Waals surface area contributed by atoms with E-state index in [-0.39, 0.29) is 42.0 Å². The highest BCUT2D eigenvalue weighted by molar-refractivity contribution is 5.76.